The monoisotopic (exact) mass is 246 g/mol. The fraction of sp³-hybridized carbons (Fsp3) is 1.00. The summed E-state index contributed by atoms with van der Waals surface area (Å²) in [6.07, 6.45) is 3.11. The highest BCUT2D eigenvalue weighted by Crippen LogP contribution is 2.24. The van der Waals surface area contributed by atoms with E-state index in [1.807, 2.05) is 7.05 Å². The van der Waals surface area contributed by atoms with E-state index in [1.54, 1.807) is 0 Å². The molecule has 2 rings (SSSR count). The van der Waals surface area contributed by atoms with Crippen molar-refractivity contribution in [2.24, 2.45) is 5.92 Å². The van der Waals surface area contributed by atoms with Crippen LogP contribution in [0.25, 0.3) is 0 Å². The summed E-state index contributed by atoms with van der Waals surface area (Å²) in [5.74, 6) is 1.49. The van der Waals surface area contributed by atoms with E-state index in [9.17, 15) is 8.42 Å². The Labute approximate surface area is 98.3 Å². The number of nitrogens with zero attached hydrogens (tertiary/aromatic N) is 1. The quantitative estimate of drug-likeness (QED) is 0.767. The molecule has 0 bridgehead atoms. The second kappa shape index (κ2) is 5.02. The lowest BCUT2D eigenvalue weighted by Crippen LogP contribution is -2.42. The van der Waals surface area contributed by atoms with Gasteiger partial charge in [-0.15, -0.1) is 0 Å². The van der Waals surface area contributed by atoms with E-state index in [0.29, 0.717) is 23.5 Å². The normalized spacial score (nSPS) is 35.3. The van der Waals surface area contributed by atoms with Crippen LogP contribution in [0.1, 0.15) is 19.3 Å². The Morgan fingerprint density at radius 2 is 2.19 bits per heavy atom. The van der Waals surface area contributed by atoms with Crippen molar-refractivity contribution < 1.29 is 8.42 Å². The fourth-order valence-corrected chi connectivity index (χ4v) is 4.67. The van der Waals surface area contributed by atoms with Crippen molar-refractivity contribution in [2.75, 3.05) is 38.2 Å². The maximum Gasteiger partial charge on any atom is 0.151 e. The van der Waals surface area contributed by atoms with Gasteiger partial charge in [-0.3, -0.25) is 4.90 Å². The molecule has 94 valence electrons. The number of likely N-dealkylation sites (tertiary alicyclic amines) is 1. The van der Waals surface area contributed by atoms with Crippen LogP contribution in [0.5, 0.6) is 0 Å². The molecule has 0 radical (unpaired) electrons. The van der Waals surface area contributed by atoms with Crippen molar-refractivity contribution in [3.8, 4) is 0 Å². The minimum Gasteiger partial charge on any atom is -0.319 e. The first-order valence-corrected chi connectivity index (χ1v) is 8.02. The van der Waals surface area contributed by atoms with Gasteiger partial charge < -0.3 is 5.32 Å². The largest absolute Gasteiger partial charge is 0.319 e. The van der Waals surface area contributed by atoms with Crippen LogP contribution in [0.3, 0.4) is 0 Å². The van der Waals surface area contributed by atoms with Gasteiger partial charge in [-0.05, 0) is 45.3 Å². The van der Waals surface area contributed by atoms with Gasteiger partial charge in [-0.1, -0.05) is 0 Å². The van der Waals surface area contributed by atoms with E-state index in [1.165, 1.54) is 6.42 Å². The van der Waals surface area contributed by atoms with E-state index in [0.717, 1.165) is 32.5 Å². The third-order valence-electron chi connectivity index (χ3n) is 3.77. The zero-order valence-corrected chi connectivity index (χ0v) is 10.8. The molecule has 4 nitrogen and oxygen atoms in total. The van der Waals surface area contributed by atoms with Gasteiger partial charge in [0.2, 0.25) is 0 Å². The Bertz CT molecular complexity index is 329. The summed E-state index contributed by atoms with van der Waals surface area (Å²) in [4.78, 5) is 2.39. The minimum absolute atomic E-state index is 0.292. The van der Waals surface area contributed by atoms with Gasteiger partial charge in [0.05, 0.1) is 11.5 Å². The molecule has 2 aliphatic rings. The van der Waals surface area contributed by atoms with Gasteiger partial charge in [0.25, 0.3) is 0 Å². The first-order valence-electron chi connectivity index (χ1n) is 6.20. The molecule has 1 N–H and O–H groups in total. The number of hydrogen-bond acceptors (Lipinski definition) is 4. The summed E-state index contributed by atoms with van der Waals surface area (Å²) in [6, 6.07) is 0.292. The zero-order valence-electron chi connectivity index (χ0n) is 9.98. The first kappa shape index (κ1) is 12.3. The van der Waals surface area contributed by atoms with E-state index in [-0.39, 0.29) is 0 Å². The molecule has 0 amide bonds. The lowest BCUT2D eigenvalue weighted by molar-refractivity contribution is 0.234. The van der Waals surface area contributed by atoms with Gasteiger partial charge in [0.1, 0.15) is 0 Å². The highest BCUT2D eigenvalue weighted by molar-refractivity contribution is 7.91. The van der Waals surface area contributed by atoms with Crippen LogP contribution >= 0.6 is 0 Å². The third kappa shape index (κ3) is 2.96. The molecule has 2 fully saturated rings. The van der Waals surface area contributed by atoms with Crippen LogP contribution in [-0.2, 0) is 9.84 Å². The Kier molecular flexibility index (Phi) is 3.87. The summed E-state index contributed by atoms with van der Waals surface area (Å²) >= 11 is 0. The molecule has 16 heavy (non-hydrogen) atoms. The molecular formula is C11H22N2O2S. The molecule has 0 spiro atoms. The molecule has 0 saturated carbocycles. The maximum absolute atomic E-state index is 11.6. The van der Waals surface area contributed by atoms with E-state index >= 15 is 0 Å². The first-order chi connectivity index (χ1) is 7.61. The second-order valence-corrected chi connectivity index (χ2v) is 7.35. The summed E-state index contributed by atoms with van der Waals surface area (Å²) in [7, 11) is -0.777. The van der Waals surface area contributed by atoms with Crippen LogP contribution in [0.4, 0.5) is 0 Å². The number of hydrogen-bond donors (Lipinski definition) is 1. The van der Waals surface area contributed by atoms with Crippen LogP contribution in [0.2, 0.25) is 0 Å². The van der Waals surface area contributed by atoms with Gasteiger partial charge >= 0.3 is 0 Å². The third-order valence-corrected chi connectivity index (χ3v) is 5.57. The van der Waals surface area contributed by atoms with Crippen LogP contribution in [-0.4, -0.2) is 57.5 Å². The number of nitrogens with one attached hydrogen (secondary N) is 1. The topological polar surface area (TPSA) is 49.4 Å². The van der Waals surface area contributed by atoms with Gasteiger partial charge in [0, 0.05) is 12.6 Å². The lowest BCUT2D eigenvalue weighted by atomic mass is 10.1. The molecule has 0 aromatic carbocycles. The predicted molar refractivity (Wildman–Crippen MR) is 65.3 cm³/mol. The Morgan fingerprint density at radius 3 is 2.88 bits per heavy atom. The average molecular weight is 246 g/mol. The van der Waals surface area contributed by atoms with Crippen LogP contribution in [0.15, 0.2) is 0 Å². The van der Waals surface area contributed by atoms with Crippen molar-refractivity contribution in [3.63, 3.8) is 0 Å². The molecule has 0 aromatic rings. The SMILES string of the molecule is CNCC1CCN(C2CCCS(=O)(=O)C2)C1. The summed E-state index contributed by atoms with van der Waals surface area (Å²) in [5.41, 5.74) is 0. The second-order valence-electron chi connectivity index (χ2n) is 5.12. The van der Waals surface area contributed by atoms with Crippen LogP contribution in [0, 0.1) is 5.92 Å². The van der Waals surface area contributed by atoms with Gasteiger partial charge in [-0.25, -0.2) is 8.42 Å². The zero-order chi connectivity index (χ0) is 11.6. The van der Waals surface area contributed by atoms with Crippen molar-refractivity contribution in [1.82, 2.24) is 10.2 Å². The number of sulfone groups is 1. The molecule has 5 heteroatoms. The Balaban J connectivity index is 1.89. The smallest absolute Gasteiger partial charge is 0.151 e. The molecule has 2 atom stereocenters. The number of rotatable bonds is 3. The highest BCUT2D eigenvalue weighted by atomic mass is 32.2. The van der Waals surface area contributed by atoms with Crippen molar-refractivity contribution in [1.29, 1.82) is 0 Å². The molecule has 2 saturated heterocycles. The van der Waals surface area contributed by atoms with E-state index < -0.39 is 9.84 Å². The highest BCUT2D eigenvalue weighted by Gasteiger charge is 2.33. The predicted octanol–water partition coefficient (Wildman–Crippen LogP) is 0.105. The van der Waals surface area contributed by atoms with Gasteiger partial charge in [0.15, 0.2) is 9.84 Å². The maximum atomic E-state index is 11.6. The Hall–Kier alpha value is -0.130. The summed E-state index contributed by atoms with van der Waals surface area (Å²) in [6.45, 7) is 3.20. The molecule has 2 aliphatic heterocycles. The van der Waals surface area contributed by atoms with Gasteiger partial charge in [-0.2, -0.15) is 0 Å². The molecule has 0 aliphatic carbocycles. The lowest BCUT2D eigenvalue weighted by Gasteiger charge is -2.30. The molecular weight excluding hydrogens is 224 g/mol. The van der Waals surface area contributed by atoms with E-state index in [4.69, 9.17) is 0 Å². The average Bonchev–Trinajstić information content (AvgIpc) is 2.65. The van der Waals surface area contributed by atoms with Crippen molar-refractivity contribution in [3.05, 3.63) is 0 Å². The Morgan fingerprint density at radius 1 is 1.38 bits per heavy atom. The summed E-state index contributed by atoms with van der Waals surface area (Å²) in [5, 5.41) is 3.20. The fourth-order valence-electron chi connectivity index (χ4n) is 2.94. The standard InChI is InChI=1S/C11H22N2O2S/c1-12-7-10-4-5-13(8-10)11-3-2-6-16(14,15)9-11/h10-12H,2-9H2,1H3. The molecule has 2 heterocycles. The van der Waals surface area contributed by atoms with Crippen LogP contribution < -0.4 is 5.32 Å². The molecule has 0 aromatic heterocycles. The van der Waals surface area contributed by atoms with Crippen molar-refractivity contribution >= 4 is 9.84 Å². The minimum atomic E-state index is -2.76. The molecule has 2 unspecified atom stereocenters. The van der Waals surface area contributed by atoms with E-state index in [2.05, 4.69) is 10.2 Å². The van der Waals surface area contributed by atoms with Crippen molar-refractivity contribution in [2.45, 2.75) is 25.3 Å². The summed E-state index contributed by atoms with van der Waals surface area (Å²) < 4.78 is 23.2.